The number of carbonyl (C=O) groups excluding carboxylic acids is 2. The average molecular weight is 759 g/mol. The molecule has 0 amide bonds. The fraction of sp³-hybridized carbons (Fsp3) is 0.708. The molecule has 4 nitrogen and oxygen atoms in total. The van der Waals surface area contributed by atoms with Crippen LogP contribution in [0.1, 0.15) is 229 Å². The van der Waals surface area contributed by atoms with E-state index in [9.17, 15) is 19.8 Å². The molecule has 0 saturated carbocycles. The van der Waals surface area contributed by atoms with E-state index in [-0.39, 0.29) is 50.6 Å². The van der Waals surface area contributed by atoms with Gasteiger partial charge in [0.25, 0.3) is 0 Å². The van der Waals surface area contributed by atoms with Crippen LogP contribution in [0.25, 0.3) is 0 Å². The number of aliphatic carboxylic acids is 2. The van der Waals surface area contributed by atoms with Crippen LogP contribution in [0.4, 0.5) is 0 Å². The maximum absolute atomic E-state index is 10.3. The molecular formula is C48H78CaO4. The molecule has 2 aromatic carbocycles. The monoisotopic (exact) mass is 759 g/mol. The standard InChI is InChI=1S/2C24H40O2.Ca/c2*1-2-3-17-22(23-19-14-12-15-20-23)18-13-10-8-6-4-5-7-9-11-16-21-24(25)26;/h2*12,14-15,19-20,22H,2-11,13,16-18,21H2,1H3,(H,25,26);/q;;+2/p-2. The zero-order valence-corrected chi connectivity index (χ0v) is 36.7. The molecule has 2 rings (SSSR count). The third-order valence-electron chi connectivity index (χ3n) is 10.7. The Bertz CT molecular complexity index is 974. The molecule has 0 heterocycles. The number of carboxylic acids is 2. The molecule has 53 heavy (non-hydrogen) atoms. The fourth-order valence-corrected chi connectivity index (χ4v) is 7.46. The van der Waals surface area contributed by atoms with E-state index in [2.05, 4.69) is 74.5 Å². The van der Waals surface area contributed by atoms with Crippen molar-refractivity contribution in [2.24, 2.45) is 0 Å². The van der Waals surface area contributed by atoms with Crippen molar-refractivity contribution in [3.63, 3.8) is 0 Å². The number of benzene rings is 2. The van der Waals surface area contributed by atoms with Crippen LogP contribution in [0, 0.1) is 0 Å². The summed E-state index contributed by atoms with van der Waals surface area (Å²) >= 11 is 0. The van der Waals surface area contributed by atoms with Gasteiger partial charge in [-0.2, -0.15) is 0 Å². The van der Waals surface area contributed by atoms with Crippen molar-refractivity contribution in [2.45, 2.75) is 218 Å². The van der Waals surface area contributed by atoms with E-state index in [0.717, 1.165) is 37.5 Å². The van der Waals surface area contributed by atoms with Crippen molar-refractivity contribution >= 4 is 49.7 Å². The molecule has 0 aliphatic rings. The summed E-state index contributed by atoms with van der Waals surface area (Å²) in [6.45, 7) is 4.57. The van der Waals surface area contributed by atoms with Crippen molar-refractivity contribution in [1.82, 2.24) is 0 Å². The van der Waals surface area contributed by atoms with E-state index < -0.39 is 11.9 Å². The summed E-state index contributed by atoms with van der Waals surface area (Å²) in [6, 6.07) is 22.1. The van der Waals surface area contributed by atoms with Crippen LogP contribution < -0.4 is 10.2 Å². The number of hydrogen-bond acceptors (Lipinski definition) is 4. The van der Waals surface area contributed by atoms with Gasteiger partial charge in [0.1, 0.15) is 0 Å². The molecule has 0 radical (unpaired) electrons. The van der Waals surface area contributed by atoms with E-state index in [0.29, 0.717) is 0 Å². The first-order valence-corrected chi connectivity index (χ1v) is 22.0. The first-order chi connectivity index (χ1) is 25.5. The van der Waals surface area contributed by atoms with Crippen LogP contribution in [0.3, 0.4) is 0 Å². The zero-order chi connectivity index (χ0) is 37.7. The summed E-state index contributed by atoms with van der Waals surface area (Å²) in [5.41, 5.74) is 3.05. The third kappa shape index (κ3) is 32.6. The number of rotatable bonds is 34. The smallest absolute Gasteiger partial charge is 0.550 e. The Balaban J connectivity index is 0.00000100. The topological polar surface area (TPSA) is 80.3 Å². The molecule has 0 aliphatic heterocycles. The average Bonchev–Trinajstić information content (AvgIpc) is 3.15. The molecule has 296 valence electrons. The van der Waals surface area contributed by atoms with Crippen LogP contribution >= 0.6 is 0 Å². The van der Waals surface area contributed by atoms with Crippen LogP contribution in [0.5, 0.6) is 0 Å². The predicted molar refractivity (Wildman–Crippen MR) is 224 cm³/mol. The van der Waals surface area contributed by atoms with E-state index in [1.54, 1.807) is 0 Å². The number of carboxylic acid groups (broad SMARTS) is 2. The van der Waals surface area contributed by atoms with E-state index in [4.69, 9.17) is 0 Å². The molecule has 0 bridgehead atoms. The van der Waals surface area contributed by atoms with Crippen LogP contribution in [0.2, 0.25) is 0 Å². The van der Waals surface area contributed by atoms with E-state index in [1.807, 2.05) is 0 Å². The number of carbonyl (C=O) groups is 2. The SMILES string of the molecule is CCCCC(CCCCCCCCCCCCC(=O)[O-])c1ccccc1.CCCCC(CCCCCCCCCCCCC(=O)[O-])c1ccccc1.[Ca+2]. The van der Waals surface area contributed by atoms with Gasteiger partial charge >= 0.3 is 37.7 Å². The van der Waals surface area contributed by atoms with Gasteiger partial charge < -0.3 is 19.8 Å². The second kappa shape index (κ2) is 38.9. The van der Waals surface area contributed by atoms with Crippen molar-refractivity contribution < 1.29 is 19.8 Å². The Hall–Kier alpha value is -1.36. The maximum Gasteiger partial charge on any atom is 2.00 e. The molecule has 0 N–H and O–H groups in total. The Labute approximate surface area is 357 Å². The molecule has 0 fully saturated rings. The summed E-state index contributed by atoms with van der Waals surface area (Å²) in [5.74, 6) is -0.322. The van der Waals surface area contributed by atoms with Crippen molar-refractivity contribution in [3.05, 3.63) is 71.8 Å². The normalized spacial score (nSPS) is 12.0. The second-order valence-corrected chi connectivity index (χ2v) is 15.4. The largest absolute Gasteiger partial charge is 2.00 e. The van der Waals surface area contributed by atoms with Gasteiger partial charge in [-0.05, 0) is 74.3 Å². The summed E-state index contributed by atoms with van der Waals surface area (Å²) in [5, 5.41) is 20.6. The minimum absolute atomic E-state index is 0. The molecule has 5 heteroatoms. The van der Waals surface area contributed by atoms with Crippen molar-refractivity contribution in [2.75, 3.05) is 0 Å². The first kappa shape index (κ1) is 51.6. The van der Waals surface area contributed by atoms with E-state index in [1.165, 1.54) is 165 Å². The van der Waals surface area contributed by atoms with Gasteiger partial charge in [0, 0.05) is 11.9 Å². The molecule has 0 aliphatic carbocycles. The van der Waals surface area contributed by atoms with Gasteiger partial charge in [-0.3, -0.25) is 0 Å². The molecule has 2 atom stereocenters. The third-order valence-corrected chi connectivity index (χ3v) is 10.7. The minimum Gasteiger partial charge on any atom is -0.550 e. The van der Waals surface area contributed by atoms with Crippen LogP contribution in [-0.4, -0.2) is 49.7 Å². The van der Waals surface area contributed by atoms with Gasteiger partial charge in [-0.25, -0.2) is 0 Å². The van der Waals surface area contributed by atoms with Gasteiger partial charge in [0.2, 0.25) is 0 Å². The quantitative estimate of drug-likeness (QED) is 0.0526. The Kier molecular flexibility index (Phi) is 37.9. The Morgan fingerprint density at radius 1 is 0.396 bits per heavy atom. The number of unbranched alkanes of at least 4 members (excludes halogenated alkanes) is 20. The molecular weight excluding hydrogens is 681 g/mol. The molecule has 2 unspecified atom stereocenters. The fourth-order valence-electron chi connectivity index (χ4n) is 7.46. The Morgan fingerprint density at radius 2 is 0.642 bits per heavy atom. The minimum atomic E-state index is -0.908. The summed E-state index contributed by atoms with van der Waals surface area (Å²) < 4.78 is 0. The first-order valence-electron chi connectivity index (χ1n) is 22.0. The number of hydrogen-bond donors (Lipinski definition) is 0. The van der Waals surface area contributed by atoms with Gasteiger partial charge in [-0.1, -0.05) is 216 Å². The summed E-state index contributed by atoms with van der Waals surface area (Å²) in [6.07, 6.45) is 35.6. The Morgan fingerprint density at radius 3 is 0.906 bits per heavy atom. The zero-order valence-electron chi connectivity index (χ0n) is 34.5. The van der Waals surface area contributed by atoms with Gasteiger partial charge in [-0.15, -0.1) is 0 Å². The molecule has 0 spiro atoms. The van der Waals surface area contributed by atoms with Crippen molar-refractivity contribution in [1.29, 1.82) is 0 Å². The summed E-state index contributed by atoms with van der Waals surface area (Å²) in [4.78, 5) is 20.6. The maximum atomic E-state index is 10.3. The molecule has 0 aromatic heterocycles. The summed E-state index contributed by atoms with van der Waals surface area (Å²) in [7, 11) is 0. The van der Waals surface area contributed by atoms with Gasteiger partial charge in [0.15, 0.2) is 0 Å². The second-order valence-electron chi connectivity index (χ2n) is 15.4. The van der Waals surface area contributed by atoms with Gasteiger partial charge in [0.05, 0.1) is 0 Å². The van der Waals surface area contributed by atoms with E-state index >= 15 is 0 Å². The van der Waals surface area contributed by atoms with Crippen LogP contribution in [0.15, 0.2) is 60.7 Å². The molecule has 2 aromatic rings. The predicted octanol–water partition coefficient (Wildman–Crippen LogP) is 12.4. The molecule has 0 saturated heterocycles. The van der Waals surface area contributed by atoms with Crippen molar-refractivity contribution in [3.8, 4) is 0 Å². The van der Waals surface area contributed by atoms with Crippen LogP contribution in [-0.2, 0) is 9.59 Å².